The molecule has 5 nitrogen and oxygen atoms in total. The van der Waals surface area contributed by atoms with Gasteiger partial charge in [0, 0.05) is 18.2 Å². The second-order valence-electron chi connectivity index (χ2n) is 6.11. The topological polar surface area (TPSA) is 67.0 Å². The molecule has 122 valence electrons. The lowest BCUT2D eigenvalue weighted by atomic mass is 9.82. The van der Waals surface area contributed by atoms with E-state index < -0.39 is 0 Å². The largest absolute Gasteiger partial charge is 0.497 e. The molecule has 1 aromatic carbocycles. The minimum Gasteiger partial charge on any atom is -0.497 e. The number of aromatic amines is 1. The second-order valence-corrected chi connectivity index (χ2v) is 6.11. The van der Waals surface area contributed by atoms with Crippen molar-refractivity contribution in [1.29, 1.82) is 0 Å². The molecule has 0 saturated carbocycles. The summed E-state index contributed by atoms with van der Waals surface area (Å²) < 4.78 is 5.30. The molecule has 0 radical (unpaired) electrons. The van der Waals surface area contributed by atoms with Crippen molar-refractivity contribution in [3.63, 3.8) is 0 Å². The first kappa shape index (κ1) is 15.6. The highest BCUT2D eigenvalue weighted by Crippen LogP contribution is 2.33. The predicted molar refractivity (Wildman–Crippen MR) is 88.7 cm³/mol. The molecule has 0 fully saturated rings. The maximum absolute atomic E-state index is 12.1. The highest BCUT2D eigenvalue weighted by molar-refractivity contribution is 5.78. The van der Waals surface area contributed by atoms with Crippen LogP contribution in [0.25, 0.3) is 0 Å². The van der Waals surface area contributed by atoms with E-state index >= 15 is 0 Å². The first-order valence-electron chi connectivity index (χ1n) is 8.09. The lowest BCUT2D eigenvalue weighted by molar-refractivity contribution is -0.120. The van der Waals surface area contributed by atoms with Crippen molar-refractivity contribution < 1.29 is 9.53 Å². The normalized spacial score (nSPS) is 16.7. The summed E-state index contributed by atoms with van der Waals surface area (Å²) in [6.45, 7) is 2.61. The number of nitrogens with one attached hydrogen (secondary N) is 2. The van der Waals surface area contributed by atoms with E-state index in [1.54, 1.807) is 13.4 Å². The molecular weight excluding hydrogens is 290 g/mol. The number of amides is 1. The Balaban J connectivity index is 1.61. The third-order valence-corrected chi connectivity index (χ3v) is 4.60. The smallest absolute Gasteiger partial charge is 0.226 e. The highest BCUT2D eigenvalue weighted by atomic mass is 16.5. The minimum absolute atomic E-state index is 0.0286. The number of imidazole rings is 1. The molecular formula is C18H23N3O2. The van der Waals surface area contributed by atoms with Crippen molar-refractivity contribution in [2.24, 2.45) is 0 Å². The predicted octanol–water partition coefficient (Wildman–Crippen LogP) is 2.51. The van der Waals surface area contributed by atoms with Crippen molar-refractivity contribution in [2.75, 3.05) is 13.7 Å². The summed E-state index contributed by atoms with van der Waals surface area (Å²) in [5.74, 6) is 1.32. The monoisotopic (exact) mass is 313 g/mol. The second kappa shape index (κ2) is 6.86. The van der Waals surface area contributed by atoms with Crippen LogP contribution >= 0.6 is 0 Å². The number of ether oxygens (including phenoxy) is 1. The van der Waals surface area contributed by atoms with Crippen LogP contribution in [0.2, 0.25) is 0 Å². The Kier molecular flexibility index (Phi) is 4.65. The molecule has 23 heavy (non-hydrogen) atoms. The quantitative estimate of drug-likeness (QED) is 0.891. The fourth-order valence-electron chi connectivity index (χ4n) is 3.25. The van der Waals surface area contributed by atoms with Gasteiger partial charge in [0.05, 0.1) is 25.6 Å². The number of benzene rings is 1. The lowest BCUT2D eigenvalue weighted by Gasteiger charge is -2.26. The number of rotatable bonds is 5. The molecule has 2 N–H and O–H groups in total. The molecule has 2 aromatic rings. The number of aryl methyl sites for hydroxylation is 2. The molecule has 1 amide bonds. The average molecular weight is 313 g/mol. The summed E-state index contributed by atoms with van der Waals surface area (Å²) in [5.41, 5.74) is 4.46. The number of H-pyrrole nitrogens is 1. The van der Waals surface area contributed by atoms with Crippen molar-refractivity contribution in [1.82, 2.24) is 15.3 Å². The van der Waals surface area contributed by atoms with Crippen molar-refractivity contribution in [2.45, 2.75) is 38.5 Å². The van der Waals surface area contributed by atoms with Crippen LogP contribution in [0.3, 0.4) is 0 Å². The van der Waals surface area contributed by atoms with Crippen LogP contribution in [0.4, 0.5) is 0 Å². The van der Waals surface area contributed by atoms with Gasteiger partial charge in [0.15, 0.2) is 0 Å². The molecule has 1 aromatic heterocycles. The van der Waals surface area contributed by atoms with Crippen molar-refractivity contribution >= 4 is 5.91 Å². The molecule has 3 rings (SSSR count). The first-order chi connectivity index (χ1) is 11.2. The van der Waals surface area contributed by atoms with E-state index in [-0.39, 0.29) is 5.91 Å². The van der Waals surface area contributed by atoms with Crippen LogP contribution in [0.5, 0.6) is 5.75 Å². The van der Waals surface area contributed by atoms with Gasteiger partial charge in [-0.25, -0.2) is 4.98 Å². The van der Waals surface area contributed by atoms with Gasteiger partial charge in [-0.1, -0.05) is 6.07 Å². The lowest BCUT2D eigenvalue weighted by Crippen LogP contribution is -2.31. The molecule has 1 aliphatic rings. The van der Waals surface area contributed by atoms with Gasteiger partial charge in [0.25, 0.3) is 0 Å². The summed E-state index contributed by atoms with van der Waals surface area (Å²) in [6, 6.07) is 6.27. The van der Waals surface area contributed by atoms with Crippen molar-refractivity contribution in [3.05, 3.63) is 47.0 Å². The van der Waals surface area contributed by atoms with Gasteiger partial charge in [-0.3, -0.25) is 4.79 Å². The van der Waals surface area contributed by atoms with E-state index in [2.05, 4.69) is 27.4 Å². The number of aromatic nitrogens is 2. The van der Waals surface area contributed by atoms with Crippen LogP contribution in [-0.4, -0.2) is 29.5 Å². The highest BCUT2D eigenvalue weighted by Gasteiger charge is 2.21. The van der Waals surface area contributed by atoms with E-state index in [1.165, 1.54) is 11.1 Å². The Morgan fingerprint density at radius 2 is 2.35 bits per heavy atom. The van der Waals surface area contributed by atoms with E-state index in [0.29, 0.717) is 18.9 Å². The SMILES string of the molecule is COc1ccc2c(c1)CCC[C@H]2CNC(=O)Cc1nc[nH]c1C. The van der Waals surface area contributed by atoms with E-state index in [0.717, 1.165) is 36.4 Å². The van der Waals surface area contributed by atoms with Crippen LogP contribution in [0.15, 0.2) is 24.5 Å². The zero-order chi connectivity index (χ0) is 16.2. The number of hydrogen-bond donors (Lipinski definition) is 2. The van der Waals surface area contributed by atoms with Gasteiger partial charge >= 0.3 is 0 Å². The molecule has 1 aliphatic carbocycles. The summed E-state index contributed by atoms with van der Waals surface area (Å²) in [7, 11) is 1.69. The Morgan fingerprint density at radius 3 is 3.09 bits per heavy atom. The number of carbonyl (C=O) groups is 1. The summed E-state index contributed by atoms with van der Waals surface area (Å²) in [6.07, 6.45) is 5.31. The van der Waals surface area contributed by atoms with Gasteiger partial charge in [0.2, 0.25) is 5.91 Å². The van der Waals surface area contributed by atoms with Crippen LogP contribution < -0.4 is 10.1 Å². The molecule has 1 heterocycles. The van der Waals surface area contributed by atoms with E-state index in [9.17, 15) is 4.79 Å². The number of methoxy groups -OCH3 is 1. The van der Waals surface area contributed by atoms with E-state index in [1.807, 2.05) is 13.0 Å². The summed E-state index contributed by atoms with van der Waals surface area (Å²) in [4.78, 5) is 19.3. The molecule has 0 bridgehead atoms. The molecule has 1 atom stereocenters. The molecule has 0 saturated heterocycles. The molecule has 0 spiro atoms. The van der Waals surface area contributed by atoms with Crippen LogP contribution in [-0.2, 0) is 17.6 Å². The van der Waals surface area contributed by atoms with Gasteiger partial charge in [-0.15, -0.1) is 0 Å². The maximum atomic E-state index is 12.1. The maximum Gasteiger partial charge on any atom is 0.226 e. The summed E-state index contributed by atoms with van der Waals surface area (Å²) in [5, 5.41) is 3.06. The van der Waals surface area contributed by atoms with Gasteiger partial charge in [0.1, 0.15) is 5.75 Å². The number of nitrogens with zero attached hydrogens (tertiary/aromatic N) is 1. The minimum atomic E-state index is 0.0286. The number of carbonyl (C=O) groups excluding carboxylic acids is 1. The summed E-state index contributed by atoms with van der Waals surface area (Å²) >= 11 is 0. The zero-order valence-electron chi connectivity index (χ0n) is 13.7. The molecule has 0 unspecified atom stereocenters. The first-order valence-corrected chi connectivity index (χ1v) is 8.09. The van der Waals surface area contributed by atoms with E-state index in [4.69, 9.17) is 4.74 Å². The number of hydrogen-bond acceptors (Lipinski definition) is 3. The Hall–Kier alpha value is -2.30. The third kappa shape index (κ3) is 3.55. The fourth-order valence-corrected chi connectivity index (χ4v) is 3.25. The standard InChI is InChI=1S/C18H23N3O2/c1-12-17(21-11-20-12)9-18(22)19-10-14-5-3-4-13-8-15(23-2)6-7-16(13)14/h6-8,11,14H,3-5,9-10H2,1-2H3,(H,19,22)(H,20,21)/t14-/m0/s1. The van der Waals surface area contributed by atoms with Crippen molar-refractivity contribution in [3.8, 4) is 5.75 Å². The van der Waals surface area contributed by atoms with Gasteiger partial charge in [-0.2, -0.15) is 0 Å². The Morgan fingerprint density at radius 1 is 1.48 bits per heavy atom. The van der Waals surface area contributed by atoms with Crippen LogP contribution in [0, 0.1) is 6.92 Å². The Labute approximate surface area is 136 Å². The van der Waals surface area contributed by atoms with Gasteiger partial charge in [-0.05, 0) is 49.4 Å². The third-order valence-electron chi connectivity index (χ3n) is 4.60. The Bertz CT molecular complexity index is 693. The van der Waals surface area contributed by atoms with Gasteiger partial charge < -0.3 is 15.0 Å². The zero-order valence-corrected chi connectivity index (χ0v) is 13.7. The molecule has 5 heteroatoms. The fraction of sp³-hybridized carbons (Fsp3) is 0.444. The number of fused-ring (bicyclic) bond motifs is 1. The average Bonchev–Trinajstić information content (AvgIpc) is 2.97. The van der Waals surface area contributed by atoms with Crippen LogP contribution in [0.1, 0.15) is 41.3 Å². The molecule has 0 aliphatic heterocycles.